The maximum absolute atomic E-state index is 13.2. The maximum atomic E-state index is 13.2. The summed E-state index contributed by atoms with van der Waals surface area (Å²) in [7, 11) is -0.168. The molecule has 0 aliphatic heterocycles. The van der Waals surface area contributed by atoms with Crippen LogP contribution >= 0.6 is 0 Å². The van der Waals surface area contributed by atoms with Crippen LogP contribution in [0.25, 0.3) is 0 Å². The predicted octanol–water partition coefficient (Wildman–Crippen LogP) is 0.241. The number of aromatic nitrogens is 2. The third kappa shape index (κ3) is 3.23. The Morgan fingerprint density at radius 3 is 2.62 bits per heavy atom. The molecular formula is C8H11FN4O2S. The number of halogens is 1. The summed E-state index contributed by atoms with van der Waals surface area (Å²) in [5.41, 5.74) is 0. The summed E-state index contributed by atoms with van der Waals surface area (Å²) in [6.45, 7) is 0. The molecule has 0 fully saturated rings. The molecule has 0 saturated carbocycles. The minimum Gasteiger partial charge on any atom is -0.369 e. The van der Waals surface area contributed by atoms with Crippen molar-refractivity contribution in [1.29, 1.82) is 0 Å². The molecule has 0 aliphatic carbocycles. The highest BCUT2D eigenvalue weighted by Crippen LogP contribution is 2.14. The molecule has 0 aromatic carbocycles. The van der Waals surface area contributed by atoms with Gasteiger partial charge in [-0.2, -0.15) is 4.98 Å². The summed E-state index contributed by atoms with van der Waals surface area (Å²) < 4.78 is 35.4. The average Bonchev–Trinajstić information content (AvgIpc) is 2.14. The topological polar surface area (TPSA) is 75.5 Å². The molecule has 0 spiro atoms. The number of rotatable bonds is 3. The van der Waals surface area contributed by atoms with Crippen molar-refractivity contribution in [1.82, 2.24) is 14.9 Å². The van der Waals surface area contributed by atoms with Crippen LogP contribution in [-0.2, 0) is 9.84 Å². The van der Waals surface area contributed by atoms with E-state index in [2.05, 4.69) is 15.0 Å². The molecule has 0 saturated heterocycles. The summed E-state index contributed by atoms with van der Waals surface area (Å²) in [6.07, 6.45) is 3.04. The third-order valence-electron chi connectivity index (χ3n) is 1.45. The fourth-order valence-electron chi connectivity index (χ4n) is 0.782. The molecule has 6 nitrogen and oxygen atoms in total. The SMILES string of the molecule is CN(C)/C=N/c1nc(S(C)(=O)=O)ncc1F. The van der Waals surface area contributed by atoms with Crippen LogP contribution in [0.2, 0.25) is 0 Å². The number of nitrogens with zero attached hydrogens (tertiary/aromatic N) is 4. The van der Waals surface area contributed by atoms with Crippen molar-refractivity contribution >= 4 is 22.0 Å². The lowest BCUT2D eigenvalue weighted by atomic mass is 10.6. The predicted molar refractivity (Wildman–Crippen MR) is 56.9 cm³/mol. The first-order valence-corrected chi connectivity index (χ1v) is 6.13. The maximum Gasteiger partial charge on any atom is 0.248 e. The Hall–Kier alpha value is -1.57. The largest absolute Gasteiger partial charge is 0.369 e. The highest BCUT2D eigenvalue weighted by molar-refractivity contribution is 7.90. The van der Waals surface area contributed by atoms with E-state index in [0.29, 0.717) is 0 Å². The standard InChI is InChI=1S/C8H11FN4O2S/c1-13(2)5-11-7-6(9)4-10-8(12-7)16(3,14)15/h4-5H,1-3H3/b11-5+. The Bertz CT molecular complexity index is 513. The van der Waals surface area contributed by atoms with Gasteiger partial charge in [0.05, 0.1) is 12.5 Å². The Kier molecular flexibility index (Phi) is 3.53. The van der Waals surface area contributed by atoms with Gasteiger partial charge in [0.2, 0.25) is 15.0 Å². The molecule has 0 unspecified atom stereocenters. The molecule has 1 rings (SSSR count). The lowest BCUT2D eigenvalue weighted by molar-refractivity contribution is 0.581. The van der Waals surface area contributed by atoms with Crippen LogP contribution < -0.4 is 0 Å². The second-order valence-electron chi connectivity index (χ2n) is 3.30. The highest BCUT2D eigenvalue weighted by atomic mass is 32.2. The molecule has 1 aromatic rings. The van der Waals surface area contributed by atoms with Crippen LogP contribution in [-0.4, -0.2) is 50.0 Å². The Balaban J connectivity index is 3.20. The molecule has 8 heteroatoms. The van der Waals surface area contributed by atoms with E-state index in [-0.39, 0.29) is 5.82 Å². The van der Waals surface area contributed by atoms with Crippen LogP contribution in [0.1, 0.15) is 0 Å². The summed E-state index contributed by atoms with van der Waals surface area (Å²) in [6, 6.07) is 0. The van der Waals surface area contributed by atoms with Gasteiger partial charge in [-0.05, 0) is 0 Å². The quantitative estimate of drug-likeness (QED) is 0.434. The number of hydrogen-bond acceptors (Lipinski definition) is 5. The Labute approximate surface area is 92.8 Å². The average molecular weight is 246 g/mol. The van der Waals surface area contributed by atoms with Crippen LogP contribution in [0.3, 0.4) is 0 Å². The molecule has 0 N–H and O–H groups in total. The van der Waals surface area contributed by atoms with E-state index in [4.69, 9.17) is 0 Å². The van der Waals surface area contributed by atoms with Crippen molar-refractivity contribution < 1.29 is 12.8 Å². The summed E-state index contributed by atoms with van der Waals surface area (Å²) in [5, 5.41) is -0.445. The first-order chi connectivity index (χ1) is 7.30. The fraction of sp³-hybridized carbons (Fsp3) is 0.375. The molecule has 1 aromatic heterocycles. The van der Waals surface area contributed by atoms with Crippen molar-refractivity contribution in [2.75, 3.05) is 20.4 Å². The highest BCUT2D eigenvalue weighted by Gasteiger charge is 2.14. The third-order valence-corrected chi connectivity index (χ3v) is 2.31. The second-order valence-corrected chi connectivity index (χ2v) is 5.21. The van der Waals surface area contributed by atoms with Crippen molar-refractivity contribution in [2.24, 2.45) is 4.99 Å². The van der Waals surface area contributed by atoms with Gasteiger partial charge < -0.3 is 4.90 Å². The summed E-state index contributed by atoms with van der Waals surface area (Å²) >= 11 is 0. The first-order valence-electron chi connectivity index (χ1n) is 4.24. The molecule has 0 aliphatic rings. The first kappa shape index (κ1) is 12.5. The van der Waals surface area contributed by atoms with Crippen LogP contribution in [0.5, 0.6) is 0 Å². The van der Waals surface area contributed by atoms with Crippen molar-refractivity contribution in [3.8, 4) is 0 Å². The van der Waals surface area contributed by atoms with Gasteiger partial charge in [0, 0.05) is 20.4 Å². The number of hydrogen-bond donors (Lipinski definition) is 0. The molecule has 0 bridgehead atoms. The number of sulfone groups is 1. The Morgan fingerprint density at radius 2 is 2.12 bits per heavy atom. The number of aliphatic imine (C=N–C) groups is 1. The molecule has 1 heterocycles. The van der Waals surface area contributed by atoms with E-state index >= 15 is 0 Å². The van der Waals surface area contributed by atoms with Crippen LogP contribution in [0, 0.1) is 5.82 Å². The lowest BCUT2D eigenvalue weighted by Gasteiger charge is -2.03. The van der Waals surface area contributed by atoms with Gasteiger partial charge in [-0.1, -0.05) is 0 Å². The van der Waals surface area contributed by atoms with E-state index in [1.807, 2.05) is 0 Å². The molecular weight excluding hydrogens is 235 g/mol. The van der Waals surface area contributed by atoms with E-state index in [1.165, 1.54) is 6.34 Å². The van der Waals surface area contributed by atoms with Gasteiger partial charge in [0.15, 0.2) is 11.6 Å². The smallest absolute Gasteiger partial charge is 0.248 e. The molecule has 0 radical (unpaired) electrons. The summed E-state index contributed by atoms with van der Waals surface area (Å²) in [4.78, 5) is 12.2. The molecule has 16 heavy (non-hydrogen) atoms. The van der Waals surface area contributed by atoms with Gasteiger partial charge in [0.25, 0.3) is 0 Å². The second kappa shape index (κ2) is 4.52. The van der Waals surface area contributed by atoms with Crippen molar-refractivity contribution in [2.45, 2.75) is 5.16 Å². The zero-order valence-electron chi connectivity index (χ0n) is 9.05. The van der Waals surface area contributed by atoms with E-state index < -0.39 is 20.8 Å². The van der Waals surface area contributed by atoms with Crippen molar-refractivity contribution in [3.63, 3.8) is 0 Å². The van der Waals surface area contributed by atoms with Gasteiger partial charge >= 0.3 is 0 Å². The minimum atomic E-state index is -3.56. The molecule has 0 amide bonds. The summed E-state index contributed by atoms with van der Waals surface area (Å²) in [5.74, 6) is -1.07. The van der Waals surface area contributed by atoms with Crippen LogP contribution in [0.15, 0.2) is 16.3 Å². The minimum absolute atomic E-state index is 0.302. The molecule has 88 valence electrons. The zero-order valence-corrected chi connectivity index (χ0v) is 9.86. The monoisotopic (exact) mass is 246 g/mol. The van der Waals surface area contributed by atoms with E-state index in [0.717, 1.165) is 12.5 Å². The normalized spacial score (nSPS) is 12.0. The van der Waals surface area contributed by atoms with Gasteiger partial charge in [0.1, 0.15) is 0 Å². The Morgan fingerprint density at radius 1 is 1.50 bits per heavy atom. The van der Waals surface area contributed by atoms with E-state index in [1.54, 1.807) is 19.0 Å². The van der Waals surface area contributed by atoms with E-state index in [9.17, 15) is 12.8 Å². The van der Waals surface area contributed by atoms with Gasteiger partial charge in [-0.3, -0.25) is 0 Å². The van der Waals surface area contributed by atoms with Gasteiger partial charge in [-0.15, -0.1) is 0 Å². The lowest BCUT2D eigenvalue weighted by Crippen LogP contribution is -2.08. The molecule has 0 atom stereocenters. The van der Waals surface area contributed by atoms with Crippen molar-refractivity contribution in [3.05, 3.63) is 12.0 Å². The van der Waals surface area contributed by atoms with Crippen LogP contribution in [0.4, 0.5) is 10.2 Å². The zero-order chi connectivity index (χ0) is 12.3. The van der Waals surface area contributed by atoms with Gasteiger partial charge in [-0.25, -0.2) is 22.8 Å². The fourth-order valence-corrected chi connectivity index (χ4v) is 1.28.